The first-order valence-corrected chi connectivity index (χ1v) is 16.6. The van der Waals surface area contributed by atoms with Crippen LogP contribution in [-0.4, -0.2) is 83.4 Å². The predicted molar refractivity (Wildman–Crippen MR) is 177 cm³/mol. The van der Waals surface area contributed by atoms with E-state index in [1.54, 1.807) is 12.1 Å². The summed E-state index contributed by atoms with van der Waals surface area (Å²) in [6.45, 7) is 11.6. The Kier molecular flexibility index (Phi) is 8.51. The van der Waals surface area contributed by atoms with E-state index >= 15 is 0 Å². The molecule has 3 heterocycles. The van der Waals surface area contributed by atoms with Crippen LogP contribution in [0, 0.1) is 10.8 Å². The highest BCUT2D eigenvalue weighted by molar-refractivity contribution is 5.90. The van der Waals surface area contributed by atoms with Gasteiger partial charge in [-0.25, -0.2) is 4.79 Å². The van der Waals surface area contributed by atoms with Crippen molar-refractivity contribution in [3.8, 4) is 0 Å². The molecule has 2 aromatic carbocycles. The molecule has 3 aliphatic heterocycles. The van der Waals surface area contributed by atoms with Crippen molar-refractivity contribution in [1.29, 1.82) is 0 Å². The first-order valence-electron chi connectivity index (χ1n) is 16.6. The molecule has 6 rings (SSSR count). The van der Waals surface area contributed by atoms with Gasteiger partial charge in [0.1, 0.15) is 0 Å². The van der Waals surface area contributed by atoms with Crippen LogP contribution < -0.4 is 0 Å². The number of carbonyl (C=O) groups excluding carboxylic acids is 2. The third kappa shape index (κ3) is 5.87. The van der Waals surface area contributed by atoms with Gasteiger partial charge in [-0.1, -0.05) is 87.4 Å². The maximum absolute atomic E-state index is 14.7. The SMILES string of the molecule is CC1(C)C(c2ccc(C(=O)O)cc2)=CC[C@]2(C)CN(C(=O)C3(c4ccccc4)CCN(C(=O)CN4CCCCC4)CC3)CC=C12. The van der Waals surface area contributed by atoms with Gasteiger partial charge in [0.05, 0.1) is 17.5 Å². The Morgan fingerprint density at radius 1 is 0.800 bits per heavy atom. The van der Waals surface area contributed by atoms with Gasteiger partial charge in [0.15, 0.2) is 0 Å². The molecule has 0 saturated carbocycles. The molecule has 7 heteroatoms. The van der Waals surface area contributed by atoms with Crippen LogP contribution >= 0.6 is 0 Å². The number of benzene rings is 2. The normalized spacial score (nSPS) is 24.7. The molecule has 4 aliphatic rings. The molecular formula is C38H47N3O4. The van der Waals surface area contributed by atoms with Crippen LogP contribution in [0.25, 0.3) is 5.57 Å². The third-order valence-electron chi connectivity index (χ3n) is 11.1. The van der Waals surface area contributed by atoms with Crippen LogP contribution in [0.4, 0.5) is 0 Å². The Bertz CT molecular complexity index is 1500. The minimum absolute atomic E-state index is 0.171. The summed E-state index contributed by atoms with van der Waals surface area (Å²) >= 11 is 0. The topological polar surface area (TPSA) is 81.2 Å². The summed E-state index contributed by atoms with van der Waals surface area (Å²) in [7, 11) is 0. The van der Waals surface area contributed by atoms with Crippen molar-refractivity contribution >= 4 is 23.4 Å². The highest BCUT2D eigenvalue weighted by Gasteiger charge is 2.50. The third-order valence-corrected chi connectivity index (χ3v) is 11.1. The van der Waals surface area contributed by atoms with Crippen LogP contribution in [0.1, 0.15) is 80.8 Å². The maximum atomic E-state index is 14.7. The molecule has 7 nitrogen and oxygen atoms in total. The monoisotopic (exact) mass is 609 g/mol. The van der Waals surface area contributed by atoms with E-state index in [9.17, 15) is 19.5 Å². The maximum Gasteiger partial charge on any atom is 0.335 e. The van der Waals surface area contributed by atoms with E-state index in [0.29, 0.717) is 45.6 Å². The summed E-state index contributed by atoms with van der Waals surface area (Å²) in [5.74, 6) is -0.562. The first kappa shape index (κ1) is 31.3. The second-order valence-electron chi connectivity index (χ2n) is 14.4. The fraction of sp³-hybridized carbons (Fsp3) is 0.500. The smallest absolute Gasteiger partial charge is 0.335 e. The standard InChI is InChI=1S/C38H47N3O4/c1-36(2)31(28-12-14-29(15-13-28)34(43)44)16-18-37(3)27-41(23-17-32(36)37)35(45)38(30-10-6-4-7-11-30)19-24-40(25-20-38)33(42)26-39-21-8-5-9-22-39/h4,6-7,10-17H,5,8-9,18-27H2,1-3H3,(H,43,44)/t37-/m1/s1. The molecule has 1 N–H and O–H groups in total. The lowest BCUT2D eigenvalue weighted by Crippen LogP contribution is -2.58. The van der Waals surface area contributed by atoms with Crippen molar-refractivity contribution in [2.24, 2.45) is 10.8 Å². The number of amides is 2. The molecular weight excluding hydrogens is 562 g/mol. The number of carbonyl (C=O) groups is 3. The molecule has 0 spiro atoms. The van der Waals surface area contributed by atoms with E-state index in [1.165, 1.54) is 17.6 Å². The fourth-order valence-electron chi connectivity index (χ4n) is 8.59. The van der Waals surface area contributed by atoms with Crippen molar-refractivity contribution in [3.63, 3.8) is 0 Å². The summed E-state index contributed by atoms with van der Waals surface area (Å²) in [6.07, 6.45) is 10.2. The average molecular weight is 610 g/mol. The van der Waals surface area contributed by atoms with Crippen LogP contribution in [0.3, 0.4) is 0 Å². The van der Waals surface area contributed by atoms with Crippen LogP contribution in [0.5, 0.6) is 0 Å². The second-order valence-corrected chi connectivity index (χ2v) is 14.4. The molecule has 1 aliphatic carbocycles. The molecule has 2 fully saturated rings. The van der Waals surface area contributed by atoms with Crippen molar-refractivity contribution in [3.05, 3.63) is 89.0 Å². The van der Waals surface area contributed by atoms with Gasteiger partial charge in [-0.2, -0.15) is 0 Å². The van der Waals surface area contributed by atoms with Crippen molar-refractivity contribution < 1.29 is 19.5 Å². The van der Waals surface area contributed by atoms with Crippen LogP contribution in [0.15, 0.2) is 72.3 Å². The van der Waals surface area contributed by atoms with Crippen molar-refractivity contribution in [2.75, 3.05) is 45.8 Å². The van der Waals surface area contributed by atoms with Gasteiger partial charge < -0.3 is 14.9 Å². The largest absolute Gasteiger partial charge is 0.478 e. The van der Waals surface area contributed by atoms with Crippen LogP contribution in [0.2, 0.25) is 0 Å². The predicted octanol–water partition coefficient (Wildman–Crippen LogP) is 6.02. The number of likely N-dealkylation sites (tertiary alicyclic amines) is 2. The number of carboxylic acids is 1. The lowest BCUT2D eigenvalue weighted by atomic mass is 9.58. The van der Waals surface area contributed by atoms with E-state index in [-0.39, 0.29) is 28.2 Å². The Balaban J connectivity index is 1.21. The van der Waals surface area contributed by atoms with Crippen molar-refractivity contribution in [2.45, 2.75) is 64.7 Å². The molecule has 0 unspecified atom stereocenters. The quantitative estimate of drug-likeness (QED) is 0.405. The molecule has 0 bridgehead atoms. The highest BCUT2D eigenvalue weighted by Crippen LogP contribution is 2.55. The number of nitrogens with zero attached hydrogens (tertiary/aromatic N) is 3. The number of piperidine rings is 2. The molecule has 0 radical (unpaired) electrons. The molecule has 2 aromatic rings. The zero-order valence-electron chi connectivity index (χ0n) is 27.1. The number of hydrogen-bond acceptors (Lipinski definition) is 4. The van der Waals surface area contributed by atoms with Crippen molar-refractivity contribution in [1.82, 2.24) is 14.7 Å². The summed E-state index contributed by atoms with van der Waals surface area (Å²) in [5.41, 5.74) is 3.80. The van der Waals surface area contributed by atoms with E-state index < -0.39 is 11.4 Å². The Hall–Kier alpha value is -3.71. The van der Waals surface area contributed by atoms with E-state index in [4.69, 9.17) is 0 Å². The number of aromatic carboxylic acids is 1. The highest BCUT2D eigenvalue weighted by atomic mass is 16.4. The average Bonchev–Trinajstić information content (AvgIpc) is 3.05. The lowest BCUT2D eigenvalue weighted by molar-refractivity contribution is -0.144. The summed E-state index contributed by atoms with van der Waals surface area (Å²) in [5, 5.41) is 9.35. The molecule has 2 saturated heterocycles. The van der Waals surface area contributed by atoms with Gasteiger partial charge in [0, 0.05) is 37.0 Å². The molecule has 238 valence electrons. The number of carboxylic acid groups (broad SMARTS) is 1. The van der Waals surface area contributed by atoms with Gasteiger partial charge in [0.25, 0.3) is 0 Å². The number of allylic oxidation sites excluding steroid dienone is 2. The minimum Gasteiger partial charge on any atom is -0.478 e. The van der Waals surface area contributed by atoms with Gasteiger partial charge in [-0.15, -0.1) is 0 Å². The molecule has 1 atom stereocenters. The second kappa shape index (κ2) is 12.2. The minimum atomic E-state index is -0.922. The number of rotatable bonds is 6. The molecule has 0 aromatic heterocycles. The summed E-state index contributed by atoms with van der Waals surface area (Å²) in [6, 6.07) is 17.4. The van der Waals surface area contributed by atoms with Gasteiger partial charge in [0.2, 0.25) is 11.8 Å². The lowest BCUT2D eigenvalue weighted by Gasteiger charge is -2.52. The summed E-state index contributed by atoms with van der Waals surface area (Å²) in [4.78, 5) is 45.8. The summed E-state index contributed by atoms with van der Waals surface area (Å²) < 4.78 is 0. The zero-order chi connectivity index (χ0) is 31.8. The Morgan fingerprint density at radius 3 is 2.11 bits per heavy atom. The molecule has 2 amide bonds. The fourth-order valence-corrected chi connectivity index (χ4v) is 8.59. The van der Waals surface area contributed by atoms with Gasteiger partial charge in [-0.05, 0) is 74.0 Å². The van der Waals surface area contributed by atoms with Gasteiger partial charge in [-0.3, -0.25) is 14.5 Å². The first-order chi connectivity index (χ1) is 21.5. The Labute approximate surface area is 267 Å². The number of hydrogen-bond donors (Lipinski definition) is 1. The number of fused-ring (bicyclic) bond motifs is 1. The van der Waals surface area contributed by atoms with E-state index in [0.717, 1.165) is 43.5 Å². The van der Waals surface area contributed by atoms with Gasteiger partial charge >= 0.3 is 5.97 Å². The van der Waals surface area contributed by atoms with Crippen LogP contribution in [-0.2, 0) is 15.0 Å². The van der Waals surface area contributed by atoms with E-state index in [1.807, 2.05) is 35.2 Å². The Morgan fingerprint density at radius 2 is 1.47 bits per heavy atom. The zero-order valence-corrected chi connectivity index (χ0v) is 27.1. The van der Waals surface area contributed by atoms with E-state index in [2.05, 4.69) is 54.9 Å². The molecule has 45 heavy (non-hydrogen) atoms.